The number of carbonyl (C=O) groups is 1. The van der Waals surface area contributed by atoms with Crippen molar-refractivity contribution in [1.82, 2.24) is 0 Å². The Balaban J connectivity index is 2.83. The lowest BCUT2D eigenvalue weighted by Gasteiger charge is -2.07. The molecular weight excluding hydrogens is 390 g/mol. The molecule has 0 radical (unpaired) electrons. The summed E-state index contributed by atoms with van der Waals surface area (Å²) < 4.78 is 17.6. The predicted octanol–water partition coefficient (Wildman–Crippen LogP) is 4.74. The average molecular weight is 402 g/mol. The van der Waals surface area contributed by atoms with Gasteiger partial charge in [0.15, 0.2) is 0 Å². The Hall–Kier alpha value is 0.280. The Bertz CT molecular complexity index is 492. The third-order valence-corrected chi connectivity index (χ3v) is 7.41. The van der Waals surface area contributed by atoms with Crippen LogP contribution in [0.2, 0.25) is 0 Å². The standard InChI is InChI=1S/C10H12Br2NO2S2/c1-3-6(2)4-8(14)13-17(15)10-9(12)7(11)5-16-10/h5-6H,3-4H2,1-2H3/q-1/t6-/m0/s1. The lowest BCUT2D eigenvalue weighted by molar-refractivity contribution is -0.118. The molecule has 7 heteroatoms. The van der Waals surface area contributed by atoms with Crippen LogP contribution in [0.3, 0.4) is 0 Å². The number of hydrogen-bond acceptors (Lipinski definition) is 4. The maximum atomic E-state index is 11.8. The van der Waals surface area contributed by atoms with Crippen molar-refractivity contribution in [3.63, 3.8) is 0 Å². The second-order valence-electron chi connectivity index (χ2n) is 3.64. The molecule has 0 N–H and O–H groups in total. The third-order valence-electron chi connectivity index (χ3n) is 2.22. The molecule has 0 aliphatic rings. The second-order valence-corrected chi connectivity index (χ2v) is 7.51. The number of thiophene rings is 1. The SMILES string of the molecule is CC[C@H](C)CC(=O)N=[S-](=O)c1scc(Br)c1Br. The van der Waals surface area contributed by atoms with Crippen LogP contribution in [-0.2, 0) is 19.6 Å². The molecule has 0 bridgehead atoms. The van der Waals surface area contributed by atoms with Gasteiger partial charge in [-0.15, -0.1) is 10.6 Å². The number of halogens is 2. The monoisotopic (exact) mass is 400 g/mol. The first-order chi connectivity index (χ1) is 7.95. The van der Waals surface area contributed by atoms with Gasteiger partial charge < -0.3 is 8.57 Å². The maximum absolute atomic E-state index is 11.8. The van der Waals surface area contributed by atoms with Crippen molar-refractivity contribution < 1.29 is 9.00 Å². The van der Waals surface area contributed by atoms with Gasteiger partial charge in [0.25, 0.3) is 0 Å². The summed E-state index contributed by atoms with van der Waals surface area (Å²) in [6.45, 7) is 4.00. The van der Waals surface area contributed by atoms with Gasteiger partial charge in [-0.3, -0.25) is 4.79 Å². The van der Waals surface area contributed by atoms with E-state index in [1.54, 1.807) is 0 Å². The highest BCUT2D eigenvalue weighted by atomic mass is 79.9. The second kappa shape index (κ2) is 7.01. The number of nitrogens with zero attached hydrogens (tertiary/aromatic N) is 1. The number of amides is 1. The minimum atomic E-state index is -1.61. The van der Waals surface area contributed by atoms with Gasteiger partial charge in [0, 0.05) is 20.7 Å². The van der Waals surface area contributed by atoms with Gasteiger partial charge in [0.05, 0.1) is 0 Å². The first-order valence-corrected chi connectivity index (χ1v) is 8.61. The molecule has 0 unspecified atom stereocenters. The smallest absolute Gasteiger partial charge is 0.223 e. The van der Waals surface area contributed by atoms with Gasteiger partial charge in [0.1, 0.15) is 0 Å². The summed E-state index contributed by atoms with van der Waals surface area (Å²) in [6, 6.07) is 0. The summed E-state index contributed by atoms with van der Waals surface area (Å²) in [7, 11) is -1.61. The summed E-state index contributed by atoms with van der Waals surface area (Å²) >= 11 is 7.92. The minimum absolute atomic E-state index is 0.279. The third kappa shape index (κ3) is 4.46. The fraction of sp³-hybridized carbons (Fsp3) is 0.500. The molecule has 1 rings (SSSR count). The zero-order valence-corrected chi connectivity index (χ0v) is 14.2. The molecule has 0 spiro atoms. The minimum Gasteiger partial charge on any atom is -0.439 e. The fourth-order valence-electron chi connectivity index (χ4n) is 1.04. The molecule has 17 heavy (non-hydrogen) atoms. The van der Waals surface area contributed by atoms with Crippen molar-refractivity contribution >= 4 is 59.7 Å². The van der Waals surface area contributed by atoms with Gasteiger partial charge in [0.2, 0.25) is 5.91 Å². The van der Waals surface area contributed by atoms with Crippen molar-refractivity contribution in [2.75, 3.05) is 0 Å². The molecule has 3 nitrogen and oxygen atoms in total. The van der Waals surface area contributed by atoms with E-state index in [9.17, 15) is 9.00 Å². The number of hydrogen-bond donors (Lipinski definition) is 0. The van der Waals surface area contributed by atoms with Crippen LogP contribution in [-0.4, -0.2) is 5.91 Å². The van der Waals surface area contributed by atoms with E-state index in [1.807, 2.05) is 19.2 Å². The highest BCUT2D eigenvalue weighted by molar-refractivity contribution is 9.13. The molecule has 0 fully saturated rings. The Morgan fingerprint density at radius 1 is 1.59 bits per heavy atom. The van der Waals surface area contributed by atoms with E-state index < -0.39 is 10.6 Å². The Morgan fingerprint density at radius 3 is 2.71 bits per heavy atom. The molecular formula is C10H12Br2NO2S2-. The summed E-state index contributed by atoms with van der Waals surface area (Å²) in [5, 5.41) is 1.81. The van der Waals surface area contributed by atoms with Gasteiger partial charge >= 0.3 is 0 Å². The first kappa shape index (κ1) is 15.3. The molecule has 0 saturated heterocycles. The fourth-order valence-corrected chi connectivity index (χ4v) is 4.47. The maximum Gasteiger partial charge on any atom is 0.223 e. The number of rotatable bonds is 4. The van der Waals surface area contributed by atoms with Crippen LogP contribution < -0.4 is 0 Å². The Labute approximate surface area is 123 Å². The van der Waals surface area contributed by atoms with Crippen molar-refractivity contribution in [2.24, 2.45) is 10.3 Å². The van der Waals surface area contributed by atoms with Crippen molar-refractivity contribution in [2.45, 2.75) is 30.9 Å². The van der Waals surface area contributed by atoms with E-state index in [4.69, 9.17) is 0 Å². The average Bonchev–Trinajstić information content (AvgIpc) is 2.59. The van der Waals surface area contributed by atoms with Crippen LogP contribution in [0, 0.1) is 5.92 Å². The van der Waals surface area contributed by atoms with E-state index >= 15 is 0 Å². The lowest BCUT2D eigenvalue weighted by Crippen LogP contribution is -2.01. The molecule has 1 amide bonds. The van der Waals surface area contributed by atoms with E-state index in [0.717, 1.165) is 10.9 Å². The van der Waals surface area contributed by atoms with Gasteiger partial charge in [-0.05, 0) is 26.1 Å². The largest absolute Gasteiger partial charge is 0.439 e. The molecule has 1 aromatic rings. The van der Waals surface area contributed by atoms with Crippen LogP contribution >= 0.6 is 43.2 Å². The highest BCUT2D eigenvalue weighted by Crippen LogP contribution is 2.34. The zero-order chi connectivity index (χ0) is 13.0. The van der Waals surface area contributed by atoms with E-state index in [2.05, 4.69) is 36.2 Å². The molecule has 1 atom stereocenters. The molecule has 96 valence electrons. The normalized spacial score (nSPS) is 14.8. The van der Waals surface area contributed by atoms with E-state index in [0.29, 0.717) is 15.1 Å². The van der Waals surface area contributed by atoms with Crippen LogP contribution in [0.15, 0.2) is 22.9 Å². The van der Waals surface area contributed by atoms with Crippen molar-refractivity contribution in [1.29, 1.82) is 0 Å². The lowest BCUT2D eigenvalue weighted by atomic mass is 10.1. The Morgan fingerprint density at radius 2 is 2.24 bits per heavy atom. The van der Waals surface area contributed by atoms with Gasteiger partial charge in [-0.2, -0.15) is 11.3 Å². The quantitative estimate of drug-likeness (QED) is 0.683. The molecule has 0 aliphatic carbocycles. The summed E-state index contributed by atoms with van der Waals surface area (Å²) in [5.41, 5.74) is 0. The van der Waals surface area contributed by atoms with Crippen LogP contribution in [0.5, 0.6) is 0 Å². The van der Waals surface area contributed by atoms with E-state index in [-0.39, 0.29) is 11.8 Å². The Kier molecular flexibility index (Phi) is 6.33. The summed E-state index contributed by atoms with van der Waals surface area (Å²) in [5.74, 6) is -0.0177. The highest BCUT2D eigenvalue weighted by Gasteiger charge is 2.05. The van der Waals surface area contributed by atoms with Crippen molar-refractivity contribution in [3.8, 4) is 0 Å². The summed E-state index contributed by atoms with van der Waals surface area (Å²) in [4.78, 5) is 11.5. The van der Waals surface area contributed by atoms with Gasteiger partial charge in [-0.1, -0.05) is 36.2 Å². The molecule has 0 aliphatic heterocycles. The van der Waals surface area contributed by atoms with Crippen LogP contribution in [0.4, 0.5) is 0 Å². The molecule has 0 aromatic carbocycles. The summed E-state index contributed by atoms with van der Waals surface area (Å²) in [6.07, 6.45) is 1.27. The first-order valence-electron chi connectivity index (χ1n) is 5.04. The van der Waals surface area contributed by atoms with Crippen LogP contribution in [0.1, 0.15) is 26.7 Å². The molecule has 1 aromatic heterocycles. The number of carbonyl (C=O) groups excluding carboxylic acids is 1. The molecule has 0 saturated carbocycles. The van der Waals surface area contributed by atoms with Crippen LogP contribution in [0.25, 0.3) is 0 Å². The zero-order valence-electron chi connectivity index (χ0n) is 9.41. The predicted molar refractivity (Wildman–Crippen MR) is 77.5 cm³/mol. The topological polar surface area (TPSA) is 46.5 Å². The molecule has 1 heterocycles. The van der Waals surface area contributed by atoms with E-state index in [1.165, 1.54) is 11.3 Å². The van der Waals surface area contributed by atoms with Gasteiger partial charge in [-0.25, -0.2) is 0 Å². The van der Waals surface area contributed by atoms with Crippen molar-refractivity contribution in [3.05, 3.63) is 14.3 Å².